The van der Waals surface area contributed by atoms with Crippen LogP contribution in [0.4, 0.5) is 0 Å². The fourth-order valence-corrected chi connectivity index (χ4v) is 18.1. The van der Waals surface area contributed by atoms with E-state index in [-0.39, 0.29) is 0 Å². The van der Waals surface area contributed by atoms with Crippen molar-refractivity contribution < 1.29 is 0 Å². The first-order chi connectivity index (χ1) is 8.24. The van der Waals surface area contributed by atoms with Crippen molar-refractivity contribution in [2.24, 2.45) is 0 Å². The van der Waals surface area contributed by atoms with E-state index in [4.69, 9.17) is 0 Å². The van der Waals surface area contributed by atoms with Crippen molar-refractivity contribution in [1.29, 1.82) is 0 Å². The summed E-state index contributed by atoms with van der Waals surface area (Å²) in [5.74, 6) is 0. The van der Waals surface area contributed by atoms with Gasteiger partial charge in [0, 0.05) is 0 Å². The zero-order chi connectivity index (χ0) is 13.0. The molecule has 0 spiro atoms. The maximum absolute atomic E-state index is 3.89. The van der Waals surface area contributed by atoms with Gasteiger partial charge in [0.25, 0.3) is 0 Å². The average Bonchev–Trinajstić information content (AvgIpc) is 2.37. The van der Waals surface area contributed by atoms with Crippen LogP contribution in [0.15, 0.2) is 38.0 Å². The van der Waals surface area contributed by atoms with E-state index < -0.39 is 18.4 Å². The Kier molecular flexibility index (Phi) is 11.9. The molecule has 0 radical (unpaired) electrons. The van der Waals surface area contributed by atoms with Gasteiger partial charge in [-0.05, 0) is 0 Å². The van der Waals surface area contributed by atoms with Crippen LogP contribution in [0.5, 0.6) is 0 Å². The van der Waals surface area contributed by atoms with Crippen molar-refractivity contribution in [1.82, 2.24) is 0 Å². The topological polar surface area (TPSA) is 0 Å². The zero-order valence-corrected chi connectivity index (χ0v) is 15.5. The number of alkyl halides is 1. The van der Waals surface area contributed by atoms with Crippen molar-refractivity contribution >= 4 is 34.3 Å². The molecule has 2 heteroatoms. The van der Waals surface area contributed by atoms with Gasteiger partial charge in [0.1, 0.15) is 0 Å². The van der Waals surface area contributed by atoms with Gasteiger partial charge in [0.2, 0.25) is 0 Å². The molecule has 0 saturated carbocycles. The predicted molar refractivity (Wildman–Crippen MR) is 87.8 cm³/mol. The molecule has 0 rings (SSSR count). The SMILES string of the molecule is C=CC[CH2][Sn]([CH2]CC=C)([CH2]CC=C)[CH2]CCBr. The van der Waals surface area contributed by atoms with E-state index in [0.29, 0.717) is 0 Å². The third-order valence-corrected chi connectivity index (χ3v) is 19.6. The number of hydrogen-bond donors (Lipinski definition) is 0. The third kappa shape index (κ3) is 8.25. The van der Waals surface area contributed by atoms with Gasteiger partial charge in [-0.3, -0.25) is 0 Å². The van der Waals surface area contributed by atoms with Crippen molar-refractivity contribution in [2.75, 3.05) is 5.33 Å². The molecule has 0 aromatic heterocycles. The summed E-state index contributed by atoms with van der Waals surface area (Å²) < 4.78 is 5.90. The fourth-order valence-electron chi connectivity index (χ4n) is 2.42. The molecule has 0 unspecified atom stereocenters. The Morgan fingerprint density at radius 3 is 1.47 bits per heavy atom. The molecule has 0 aromatic carbocycles. The molecule has 0 nitrogen and oxygen atoms in total. The molecule has 0 bridgehead atoms. The summed E-state index contributed by atoms with van der Waals surface area (Å²) in [6, 6.07) is 0. The number of allylic oxidation sites excluding steroid dienone is 3. The van der Waals surface area contributed by atoms with Gasteiger partial charge < -0.3 is 0 Å². The number of rotatable bonds is 12. The second-order valence-electron chi connectivity index (χ2n) is 4.77. The summed E-state index contributed by atoms with van der Waals surface area (Å²) in [7, 11) is 0. The molecule has 0 aliphatic heterocycles. The normalized spacial score (nSPS) is 11.1. The minimum atomic E-state index is -1.94. The van der Waals surface area contributed by atoms with E-state index in [1.807, 2.05) is 0 Å². The molecule has 0 N–H and O–H groups in total. The average molecular weight is 406 g/mol. The Morgan fingerprint density at radius 1 is 0.765 bits per heavy atom. The first-order valence-corrected chi connectivity index (χ1v) is 15.8. The first-order valence-electron chi connectivity index (χ1n) is 6.63. The van der Waals surface area contributed by atoms with E-state index >= 15 is 0 Å². The third-order valence-electron chi connectivity index (χ3n) is 3.48. The molecule has 0 atom stereocenters. The van der Waals surface area contributed by atoms with Crippen molar-refractivity contribution in [3.05, 3.63) is 38.0 Å². The molecule has 17 heavy (non-hydrogen) atoms. The molecule has 0 fully saturated rings. The summed E-state index contributed by atoms with van der Waals surface area (Å²) >= 11 is 1.64. The molecule has 0 heterocycles. The molecule has 0 aliphatic rings. The standard InChI is InChI=1S/3C4H7.C3H6Br.Sn/c3*1-3-4-2;1-2-3-4;/h3*3H,1-2,4H2;1-3H2;. The first kappa shape index (κ1) is 17.5. The van der Waals surface area contributed by atoms with Crippen LogP contribution in [0.3, 0.4) is 0 Å². The Hall–Kier alpha value is 0.499. The van der Waals surface area contributed by atoms with E-state index in [2.05, 4.69) is 53.9 Å². The van der Waals surface area contributed by atoms with Crippen LogP contribution < -0.4 is 0 Å². The predicted octanol–water partition coefficient (Wildman–Crippen LogP) is 5.95. The van der Waals surface area contributed by atoms with Crippen molar-refractivity contribution in [3.63, 3.8) is 0 Å². The van der Waals surface area contributed by atoms with Crippen molar-refractivity contribution in [2.45, 2.75) is 43.4 Å². The van der Waals surface area contributed by atoms with E-state index in [9.17, 15) is 0 Å². The monoisotopic (exact) mass is 406 g/mol. The van der Waals surface area contributed by atoms with Crippen LogP contribution in [0.25, 0.3) is 0 Å². The minimum absolute atomic E-state index is 1.15. The second-order valence-corrected chi connectivity index (χ2v) is 19.8. The Morgan fingerprint density at radius 2 is 1.18 bits per heavy atom. The molecular weight excluding hydrogens is 379 g/mol. The van der Waals surface area contributed by atoms with Gasteiger partial charge in [-0.15, -0.1) is 0 Å². The van der Waals surface area contributed by atoms with Gasteiger partial charge in [0.05, 0.1) is 0 Å². The van der Waals surface area contributed by atoms with Crippen LogP contribution >= 0.6 is 15.9 Å². The van der Waals surface area contributed by atoms with Crippen LogP contribution in [-0.2, 0) is 0 Å². The fraction of sp³-hybridized carbons (Fsp3) is 0.600. The van der Waals surface area contributed by atoms with E-state index in [0.717, 1.165) is 5.33 Å². The van der Waals surface area contributed by atoms with Crippen LogP contribution in [0.1, 0.15) is 25.7 Å². The Labute approximate surface area is 120 Å². The van der Waals surface area contributed by atoms with Crippen molar-refractivity contribution in [3.8, 4) is 0 Å². The molecular formula is C15H27BrSn. The van der Waals surface area contributed by atoms with Gasteiger partial charge in [-0.25, -0.2) is 0 Å². The summed E-state index contributed by atoms with van der Waals surface area (Å²) in [5.41, 5.74) is 0. The molecule has 0 aliphatic carbocycles. The molecule has 98 valence electrons. The summed E-state index contributed by atoms with van der Waals surface area (Å²) in [6.07, 6.45) is 11.3. The van der Waals surface area contributed by atoms with E-state index in [1.54, 1.807) is 0 Å². The van der Waals surface area contributed by atoms with Gasteiger partial charge >= 0.3 is 121 Å². The molecule has 0 saturated heterocycles. The summed E-state index contributed by atoms with van der Waals surface area (Å²) in [6.45, 7) is 11.7. The maximum atomic E-state index is 3.89. The number of halogens is 1. The molecule has 0 amide bonds. The Bertz CT molecular complexity index is 192. The quantitative estimate of drug-likeness (QED) is 0.214. The van der Waals surface area contributed by atoms with Gasteiger partial charge in [-0.2, -0.15) is 0 Å². The summed E-state index contributed by atoms with van der Waals surface area (Å²) in [5, 5.41) is 1.15. The van der Waals surface area contributed by atoms with Gasteiger partial charge in [0.15, 0.2) is 0 Å². The zero-order valence-electron chi connectivity index (χ0n) is 11.1. The number of hydrogen-bond acceptors (Lipinski definition) is 0. The van der Waals surface area contributed by atoms with Crippen LogP contribution in [0, 0.1) is 0 Å². The summed E-state index contributed by atoms with van der Waals surface area (Å²) in [4.78, 5) is 0. The van der Waals surface area contributed by atoms with Crippen LogP contribution in [-0.4, -0.2) is 23.7 Å². The van der Waals surface area contributed by atoms with E-state index in [1.165, 1.54) is 43.4 Å². The Balaban J connectivity index is 4.54. The molecule has 0 aromatic rings. The van der Waals surface area contributed by atoms with Crippen LogP contribution in [0.2, 0.25) is 17.7 Å². The second kappa shape index (κ2) is 11.6. The van der Waals surface area contributed by atoms with Gasteiger partial charge in [-0.1, -0.05) is 0 Å².